The molecule has 1 heterocycles. The molecule has 0 spiro atoms. The molecule has 1 aromatic rings. The zero-order chi connectivity index (χ0) is 15.4. The van der Waals surface area contributed by atoms with Crippen LogP contribution in [0.3, 0.4) is 0 Å². The summed E-state index contributed by atoms with van der Waals surface area (Å²) < 4.78 is 10.5. The first-order valence-corrected chi connectivity index (χ1v) is 5.86. The molecule has 0 radical (unpaired) electrons. The van der Waals surface area contributed by atoms with Crippen LogP contribution in [-0.4, -0.2) is 23.1 Å². The Morgan fingerprint density at radius 2 is 1.76 bits per heavy atom. The summed E-state index contributed by atoms with van der Waals surface area (Å²) in [7, 11) is 0. The van der Waals surface area contributed by atoms with Crippen molar-refractivity contribution in [2.24, 2.45) is 5.11 Å². The van der Waals surface area contributed by atoms with Crippen LogP contribution in [0.4, 0.5) is 17.1 Å². The predicted octanol–water partition coefficient (Wildman–Crippen LogP) is 3.00. The Bertz CT molecular complexity index is 654. The van der Waals surface area contributed by atoms with Crippen LogP contribution in [0, 0.1) is 20.2 Å². The van der Waals surface area contributed by atoms with Gasteiger partial charge in [-0.25, -0.2) is 0 Å². The summed E-state index contributed by atoms with van der Waals surface area (Å²) in [6.45, 7) is 0.455. The standard InChI is InChI=1S/C10H9N5O6/c11-13-12-6-5-7-10(21-4-2-1-3-20-7)9(15(18)19)8(6)14(16)17/h5H,1-4H2. The number of ether oxygens (including phenoxy) is 2. The van der Waals surface area contributed by atoms with Gasteiger partial charge in [0.15, 0.2) is 5.75 Å². The van der Waals surface area contributed by atoms with E-state index in [1.165, 1.54) is 0 Å². The number of hydrogen-bond acceptors (Lipinski definition) is 7. The third kappa shape index (κ3) is 2.77. The number of fused-ring (bicyclic) bond motifs is 1. The highest BCUT2D eigenvalue weighted by Crippen LogP contribution is 2.49. The van der Waals surface area contributed by atoms with E-state index in [-0.39, 0.29) is 24.7 Å². The summed E-state index contributed by atoms with van der Waals surface area (Å²) in [5, 5.41) is 25.4. The van der Waals surface area contributed by atoms with Crippen molar-refractivity contribution < 1.29 is 19.3 Å². The lowest BCUT2D eigenvalue weighted by atomic mass is 10.2. The summed E-state index contributed by atoms with van der Waals surface area (Å²) in [6, 6.07) is 1.07. The third-order valence-electron chi connectivity index (χ3n) is 2.73. The SMILES string of the molecule is [N-]=[N+]=Nc1cc2c(c([N+](=O)[O-])c1[N+](=O)[O-])OCCCCO2. The highest BCUT2D eigenvalue weighted by molar-refractivity contribution is 5.78. The Morgan fingerprint density at radius 3 is 2.33 bits per heavy atom. The molecular weight excluding hydrogens is 286 g/mol. The molecule has 11 heteroatoms. The average molecular weight is 295 g/mol. The lowest BCUT2D eigenvalue weighted by Gasteiger charge is -2.16. The van der Waals surface area contributed by atoms with Crippen LogP contribution in [-0.2, 0) is 0 Å². The second-order valence-corrected chi connectivity index (χ2v) is 4.03. The van der Waals surface area contributed by atoms with Gasteiger partial charge < -0.3 is 9.47 Å². The van der Waals surface area contributed by atoms with E-state index in [0.29, 0.717) is 12.8 Å². The number of rotatable bonds is 3. The van der Waals surface area contributed by atoms with Crippen molar-refractivity contribution in [1.82, 2.24) is 0 Å². The van der Waals surface area contributed by atoms with Gasteiger partial charge in [0.05, 0.1) is 23.1 Å². The molecule has 0 aliphatic carbocycles. The maximum Gasteiger partial charge on any atom is 0.391 e. The maximum absolute atomic E-state index is 11.2. The van der Waals surface area contributed by atoms with E-state index < -0.39 is 26.9 Å². The minimum absolute atomic E-state index is 0.0469. The van der Waals surface area contributed by atoms with Gasteiger partial charge >= 0.3 is 11.4 Å². The van der Waals surface area contributed by atoms with E-state index in [1.54, 1.807) is 0 Å². The van der Waals surface area contributed by atoms with Crippen molar-refractivity contribution in [3.63, 3.8) is 0 Å². The van der Waals surface area contributed by atoms with E-state index >= 15 is 0 Å². The number of nitro groups is 2. The fourth-order valence-electron chi connectivity index (χ4n) is 1.88. The minimum Gasteiger partial charge on any atom is -0.489 e. The quantitative estimate of drug-likeness (QED) is 0.274. The molecule has 1 aliphatic rings. The average Bonchev–Trinajstić information content (AvgIpc) is 2.39. The zero-order valence-corrected chi connectivity index (χ0v) is 10.6. The molecule has 0 N–H and O–H groups in total. The van der Waals surface area contributed by atoms with E-state index in [4.69, 9.17) is 15.0 Å². The molecule has 0 unspecified atom stereocenters. The van der Waals surface area contributed by atoms with Crippen LogP contribution in [0.2, 0.25) is 0 Å². The molecule has 110 valence electrons. The Balaban J connectivity index is 2.79. The first kappa shape index (κ1) is 14.3. The van der Waals surface area contributed by atoms with Gasteiger partial charge in [0.2, 0.25) is 5.75 Å². The third-order valence-corrected chi connectivity index (χ3v) is 2.73. The zero-order valence-electron chi connectivity index (χ0n) is 10.6. The molecule has 1 aromatic carbocycles. The van der Waals surface area contributed by atoms with E-state index in [0.717, 1.165) is 6.07 Å². The Kier molecular flexibility index (Phi) is 4.05. The Hall–Kier alpha value is -3.07. The fraction of sp³-hybridized carbons (Fsp3) is 0.400. The molecule has 2 rings (SSSR count). The van der Waals surface area contributed by atoms with Crippen LogP contribution in [0.25, 0.3) is 10.4 Å². The summed E-state index contributed by atoms with van der Waals surface area (Å²) >= 11 is 0. The molecule has 0 atom stereocenters. The van der Waals surface area contributed by atoms with Crippen LogP contribution >= 0.6 is 0 Å². The van der Waals surface area contributed by atoms with Crippen LogP contribution in [0.1, 0.15) is 12.8 Å². The highest BCUT2D eigenvalue weighted by Gasteiger charge is 2.37. The normalized spacial score (nSPS) is 13.5. The summed E-state index contributed by atoms with van der Waals surface area (Å²) in [5.41, 5.74) is 6.18. The Labute approximate surface area is 117 Å². The van der Waals surface area contributed by atoms with Crippen molar-refractivity contribution >= 4 is 17.1 Å². The smallest absolute Gasteiger partial charge is 0.391 e. The number of hydrogen-bond donors (Lipinski definition) is 0. The van der Waals surface area contributed by atoms with Gasteiger partial charge in [-0.1, -0.05) is 5.11 Å². The second kappa shape index (κ2) is 5.92. The highest BCUT2D eigenvalue weighted by atomic mass is 16.6. The monoisotopic (exact) mass is 295 g/mol. The second-order valence-electron chi connectivity index (χ2n) is 4.03. The van der Waals surface area contributed by atoms with Crippen LogP contribution < -0.4 is 9.47 Å². The largest absolute Gasteiger partial charge is 0.489 e. The predicted molar refractivity (Wildman–Crippen MR) is 68.8 cm³/mol. The number of azide groups is 1. The van der Waals surface area contributed by atoms with Crippen molar-refractivity contribution in [2.75, 3.05) is 13.2 Å². The molecule has 0 bridgehead atoms. The number of benzene rings is 1. The molecule has 0 fully saturated rings. The van der Waals surface area contributed by atoms with Gasteiger partial charge in [-0.15, -0.1) is 0 Å². The van der Waals surface area contributed by atoms with Gasteiger partial charge in [0, 0.05) is 11.0 Å². The molecule has 0 saturated carbocycles. The van der Waals surface area contributed by atoms with Crippen LogP contribution in [0.15, 0.2) is 11.2 Å². The lowest BCUT2D eigenvalue weighted by Crippen LogP contribution is -2.11. The molecule has 0 amide bonds. The van der Waals surface area contributed by atoms with Gasteiger partial charge in [0.25, 0.3) is 0 Å². The van der Waals surface area contributed by atoms with Gasteiger partial charge in [0.1, 0.15) is 5.69 Å². The molecule has 1 aliphatic heterocycles. The fourth-order valence-corrected chi connectivity index (χ4v) is 1.88. The maximum atomic E-state index is 11.2. The van der Waals surface area contributed by atoms with E-state index in [1.807, 2.05) is 0 Å². The van der Waals surface area contributed by atoms with Gasteiger partial charge in [-0.3, -0.25) is 20.2 Å². The minimum atomic E-state index is -0.982. The van der Waals surface area contributed by atoms with Crippen molar-refractivity contribution in [1.29, 1.82) is 0 Å². The summed E-state index contributed by atoms with van der Waals surface area (Å²) in [6.07, 6.45) is 1.27. The topological polar surface area (TPSA) is 154 Å². The van der Waals surface area contributed by atoms with Gasteiger partial charge in [-0.05, 0) is 18.4 Å². The van der Waals surface area contributed by atoms with E-state index in [2.05, 4.69) is 10.0 Å². The first-order valence-electron chi connectivity index (χ1n) is 5.86. The van der Waals surface area contributed by atoms with Crippen molar-refractivity contribution in [3.05, 3.63) is 36.7 Å². The lowest BCUT2D eigenvalue weighted by molar-refractivity contribution is -0.422. The summed E-state index contributed by atoms with van der Waals surface area (Å²) in [4.78, 5) is 22.8. The number of nitro benzene ring substituents is 2. The van der Waals surface area contributed by atoms with Crippen LogP contribution in [0.5, 0.6) is 11.5 Å². The molecule has 0 saturated heterocycles. The van der Waals surface area contributed by atoms with Crippen molar-refractivity contribution in [2.45, 2.75) is 12.8 Å². The Morgan fingerprint density at radius 1 is 1.14 bits per heavy atom. The molecule has 11 nitrogen and oxygen atoms in total. The van der Waals surface area contributed by atoms with Gasteiger partial charge in [-0.2, -0.15) is 0 Å². The molecule has 0 aromatic heterocycles. The molecule has 21 heavy (non-hydrogen) atoms. The molecular formula is C10H9N5O6. The van der Waals surface area contributed by atoms with E-state index in [9.17, 15) is 20.2 Å². The summed E-state index contributed by atoms with van der Waals surface area (Å²) in [5.74, 6) is -0.363. The number of nitrogens with zero attached hydrogens (tertiary/aromatic N) is 5. The first-order chi connectivity index (χ1) is 10.1. The van der Waals surface area contributed by atoms with Crippen molar-refractivity contribution in [3.8, 4) is 11.5 Å².